The molecule has 86 valence electrons. The Morgan fingerprint density at radius 3 is 2.75 bits per heavy atom. The van der Waals surface area contributed by atoms with Crippen molar-refractivity contribution < 1.29 is 9.53 Å². The van der Waals surface area contributed by atoms with Crippen LogP contribution in [-0.4, -0.2) is 36.1 Å². The third-order valence-corrected chi connectivity index (χ3v) is 2.95. The van der Waals surface area contributed by atoms with E-state index in [1.165, 1.54) is 7.11 Å². The van der Waals surface area contributed by atoms with Crippen molar-refractivity contribution in [3.8, 4) is 0 Å². The second-order valence-corrected chi connectivity index (χ2v) is 4.06. The first-order valence-corrected chi connectivity index (χ1v) is 5.32. The van der Waals surface area contributed by atoms with Gasteiger partial charge in [-0.15, -0.1) is 0 Å². The van der Waals surface area contributed by atoms with Crippen molar-refractivity contribution in [2.24, 2.45) is 11.8 Å². The molecule has 0 saturated carbocycles. The molecule has 0 N–H and O–H groups in total. The summed E-state index contributed by atoms with van der Waals surface area (Å²) in [4.78, 5) is 21.9. The first kappa shape index (κ1) is 10.9. The summed E-state index contributed by atoms with van der Waals surface area (Å²) >= 11 is 0. The highest BCUT2D eigenvalue weighted by Crippen LogP contribution is 2.26. The first-order chi connectivity index (χ1) is 7.72. The summed E-state index contributed by atoms with van der Waals surface area (Å²) in [7, 11) is 1.43. The Morgan fingerprint density at radius 1 is 1.44 bits per heavy atom. The zero-order chi connectivity index (χ0) is 11.5. The number of anilines is 1. The second-order valence-electron chi connectivity index (χ2n) is 4.06. The monoisotopic (exact) mass is 221 g/mol. The van der Waals surface area contributed by atoms with E-state index in [0.717, 1.165) is 6.54 Å². The number of carbonyl (C=O) groups excluding carboxylic acids is 1. The molecule has 0 bridgehead atoms. The van der Waals surface area contributed by atoms with Crippen LogP contribution in [0.1, 0.15) is 6.92 Å². The number of nitrogens with zero attached hydrogens (tertiary/aromatic N) is 3. The Hall–Kier alpha value is -1.65. The van der Waals surface area contributed by atoms with E-state index in [2.05, 4.69) is 9.97 Å². The summed E-state index contributed by atoms with van der Waals surface area (Å²) in [5, 5.41) is 0. The van der Waals surface area contributed by atoms with Gasteiger partial charge >= 0.3 is 5.97 Å². The van der Waals surface area contributed by atoms with Gasteiger partial charge in [-0.25, -0.2) is 9.97 Å². The van der Waals surface area contributed by atoms with Gasteiger partial charge in [0, 0.05) is 25.5 Å². The minimum absolute atomic E-state index is 0.0752. The molecule has 5 nitrogen and oxygen atoms in total. The Kier molecular flexibility index (Phi) is 3.03. The van der Waals surface area contributed by atoms with Crippen molar-refractivity contribution in [2.45, 2.75) is 6.92 Å². The molecule has 1 aliphatic rings. The zero-order valence-electron chi connectivity index (χ0n) is 9.46. The van der Waals surface area contributed by atoms with E-state index in [-0.39, 0.29) is 17.8 Å². The molecule has 0 radical (unpaired) electrons. The average molecular weight is 221 g/mol. The molecule has 2 unspecified atom stereocenters. The number of rotatable bonds is 2. The summed E-state index contributed by atoms with van der Waals surface area (Å²) in [6.07, 6.45) is 3.41. The maximum absolute atomic E-state index is 11.5. The Labute approximate surface area is 94.5 Å². The highest BCUT2D eigenvalue weighted by Gasteiger charge is 2.36. The van der Waals surface area contributed by atoms with Crippen LogP contribution in [0.3, 0.4) is 0 Å². The number of hydrogen-bond acceptors (Lipinski definition) is 5. The van der Waals surface area contributed by atoms with Gasteiger partial charge in [0.1, 0.15) is 0 Å². The second kappa shape index (κ2) is 4.47. The van der Waals surface area contributed by atoms with Crippen molar-refractivity contribution in [1.29, 1.82) is 0 Å². The third-order valence-electron chi connectivity index (χ3n) is 2.95. The van der Waals surface area contributed by atoms with E-state index in [4.69, 9.17) is 4.74 Å². The number of aromatic nitrogens is 2. The van der Waals surface area contributed by atoms with Crippen molar-refractivity contribution in [3.63, 3.8) is 0 Å². The van der Waals surface area contributed by atoms with Gasteiger partial charge in [0.2, 0.25) is 5.95 Å². The molecule has 0 amide bonds. The fraction of sp³-hybridized carbons (Fsp3) is 0.545. The van der Waals surface area contributed by atoms with Gasteiger partial charge in [-0.2, -0.15) is 0 Å². The molecule has 1 aromatic heterocycles. The molecule has 1 saturated heterocycles. The van der Waals surface area contributed by atoms with E-state index in [9.17, 15) is 4.79 Å². The van der Waals surface area contributed by atoms with E-state index in [1.807, 2.05) is 11.8 Å². The average Bonchev–Trinajstić information content (AvgIpc) is 2.71. The lowest BCUT2D eigenvalue weighted by Gasteiger charge is -2.14. The zero-order valence-corrected chi connectivity index (χ0v) is 9.46. The van der Waals surface area contributed by atoms with Gasteiger partial charge in [-0.05, 0) is 12.0 Å². The fourth-order valence-corrected chi connectivity index (χ4v) is 2.04. The topological polar surface area (TPSA) is 55.3 Å². The maximum atomic E-state index is 11.5. The molecule has 16 heavy (non-hydrogen) atoms. The minimum Gasteiger partial charge on any atom is -0.469 e. The number of esters is 1. The largest absolute Gasteiger partial charge is 0.469 e. The van der Waals surface area contributed by atoms with Crippen LogP contribution in [-0.2, 0) is 9.53 Å². The summed E-state index contributed by atoms with van der Waals surface area (Å²) in [5.41, 5.74) is 0. The van der Waals surface area contributed by atoms with E-state index < -0.39 is 0 Å². The van der Waals surface area contributed by atoms with E-state index in [1.54, 1.807) is 18.5 Å². The molecule has 1 aliphatic heterocycles. The third kappa shape index (κ3) is 1.98. The highest BCUT2D eigenvalue weighted by molar-refractivity contribution is 5.74. The normalized spacial score (nSPS) is 24.5. The van der Waals surface area contributed by atoms with Crippen LogP contribution in [0.25, 0.3) is 0 Å². The van der Waals surface area contributed by atoms with Crippen LogP contribution in [0.15, 0.2) is 18.5 Å². The lowest BCUT2D eigenvalue weighted by molar-refractivity contribution is -0.145. The molecular formula is C11H15N3O2. The van der Waals surface area contributed by atoms with Crippen LogP contribution in [0.5, 0.6) is 0 Å². The van der Waals surface area contributed by atoms with Crippen molar-refractivity contribution in [2.75, 3.05) is 25.1 Å². The number of carbonyl (C=O) groups is 1. The molecule has 0 spiro atoms. The predicted molar refractivity (Wildman–Crippen MR) is 58.9 cm³/mol. The molecule has 2 rings (SSSR count). The molecule has 1 fully saturated rings. The van der Waals surface area contributed by atoms with Gasteiger partial charge in [0.05, 0.1) is 13.0 Å². The molecule has 1 aromatic rings. The van der Waals surface area contributed by atoms with Gasteiger partial charge in [-0.1, -0.05) is 6.92 Å². The lowest BCUT2D eigenvalue weighted by atomic mass is 9.99. The predicted octanol–water partition coefficient (Wildman–Crippen LogP) is 0.722. The summed E-state index contributed by atoms with van der Waals surface area (Å²) in [6.45, 7) is 3.48. The van der Waals surface area contributed by atoms with Crippen LogP contribution in [0.2, 0.25) is 0 Å². The van der Waals surface area contributed by atoms with Crippen molar-refractivity contribution in [1.82, 2.24) is 9.97 Å². The smallest absolute Gasteiger partial charge is 0.310 e. The summed E-state index contributed by atoms with van der Waals surface area (Å²) in [6, 6.07) is 1.78. The molecule has 0 aromatic carbocycles. The molecule has 2 atom stereocenters. The first-order valence-electron chi connectivity index (χ1n) is 5.32. The Morgan fingerprint density at radius 2 is 2.12 bits per heavy atom. The molecule has 2 heterocycles. The highest BCUT2D eigenvalue weighted by atomic mass is 16.5. The lowest BCUT2D eigenvalue weighted by Crippen LogP contribution is -2.25. The van der Waals surface area contributed by atoms with Crippen molar-refractivity contribution >= 4 is 11.9 Å². The summed E-state index contributed by atoms with van der Waals surface area (Å²) < 4.78 is 4.78. The minimum atomic E-state index is -0.147. The molecule has 5 heteroatoms. The van der Waals surface area contributed by atoms with Crippen LogP contribution < -0.4 is 4.90 Å². The standard InChI is InChI=1S/C11H15N3O2/c1-8-6-14(7-9(8)10(15)16-2)11-12-4-3-5-13-11/h3-5,8-9H,6-7H2,1-2H3. The summed E-state index contributed by atoms with van der Waals surface area (Å²) in [5.74, 6) is 0.733. The quantitative estimate of drug-likeness (QED) is 0.689. The van der Waals surface area contributed by atoms with Gasteiger partial charge in [0.15, 0.2) is 0 Å². The van der Waals surface area contributed by atoms with Gasteiger partial charge in [-0.3, -0.25) is 4.79 Å². The molecule has 0 aliphatic carbocycles. The SMILES string of the molecule is COC(=O)C1CN(c2ncccn2)CC1C. The van der Waals surface area contributed by atoms with E-state index >= 15 is 0 Å². The Bertz CT molecular complexity index is 369. The number of hydrogen-bond donors (Lipinski definition) is 0. The number of ether oxygens (including phenoxy) is 1. The van der Waals surface area contributed by atoms with Crippen LogP contribution in [0.4, 0.5) is 5.95 Å². The number of methoxy groups -OCH3 is 1. The van der Waals surface area contributed by atoms with Crippen LogP contribution >= 0.6 is 0 Å². The van der Waals surface area contributed by atoms with Gasteiger partial charge < -0.3 is 9.64 Å². The molecular weight excluding hydrogens is 206 g/mol. The fourth-order valence-electron chi connectivity index (χ4n) is 2.04. The Balaban J connectivity index is 2.10. The van der Waals surface area contributed by atoms with Gasteiger partial charge in [0.25, 0.3) is 0 Å². The van der Waals surface area contributed by atoms with Crippen LogP contribution in [0, 0.1) is 11.8 Å². The van der Waals surface area contributed by atoms with Crippen molar-refractivity contribution in [3.05, 3.63) is 18.5 Å². The van der Waals surface area contributed by atoms with E-state index in [0.29, 0.717) is 12.5 Å². The maximum Gasteiger partial charge on any atom is 0.310 e.